The third-order valence-corrected chi connectivity index (χ3v) is 2.01. The van der Waals surface area contributed by atoms with Crippen LogP contribution in [0.4, 0.5) is 0 Å². The van der Waals surface area contributed by atoms with Crippen LogP contribution in [0.2, 0.25) is 0 Å². The van der Waals surface area contributed by atoms with Crippen LogP contribution in [0.25, 0.3) is 0 Å². The summed E-state index contributed by atoms with van der Waals surface area (Å²) in [5.41, 5.74) is 1.04. The Morgan fingerprint density at radius 3 is 3.00 bits per heavy atom. The molecule has 2 nitrogen and oxygen atoms in total. The van der Waals surface area contributed by atoms with Gasteiger partial charge in [-0.3, -0.25) is 0 Å². The Labute approximate surface area is 71.6 Å². The summed E-state index contributed by atoms with van der Waals surface area (Å²) in [5, 5.41) is 3.98. The average Bonchev–Trinajstić information content (AvgIpc) is 2.54. The standard InChI is InChI=1S/C10H11NO/c1-8-7-10(11-12-8)9-5-3-2-4-6-9/h2-5,7,9H,6H2,1H3. The first-order valence-electron chi connectivity index (χ1n) is 4.13. The van der Waals surface area contributed by atoms with Crippen LogP contribution in [-0.4, -0.2) is 5.16 Å². The first kappa shape index (κ1) is 7.35. The molecule has 0 saturated heterocycles. The average molecular weight is 161 g/mol. The van der Waals surface area contributed by atoms with Crippen molar-refractivity contribution in [1.29, 1.82) is 0 Å². The predicted octanol–water partition coefficient (Wildman–Crippen LogP) is 2.58. The fourth-order valence-electron chi connectivity index (χ4n) is 1.36. The highest BCUT2D eigenvalue weighted by atomic mass is 16.5. The van der Waals surface area contributed by atoms with Gasteiger partial charge in [0.15, 0.2) is 0 Å². The van der Waals surface area contributed by atoms with Gasteiger partial charge in [0.1, 0.15) is 5.76 Å². The van der Waals surface area contributed by atoms with Crippen LogP contribution in [0.5, 0.6) is 0 Å². The van der Waals surface area contributed by atoms with E-state index in [1.54, 1.807) is 0 Å². The molecule has 0 bridgehead atoms. The van der Waals surface area contributed by atoms with E-state index in [1.165, 1.54) is 0 Å². The second kappa shape index (κ2) is 2.97. The number of aromatic nitrogens is 1. The molecule has 2 rings (SSSR count). The van der Waals surface area contributed by atoms with Gasteiger partial charge in [-0.1, -0.05) is 29.5 Å². The molecule has 1 aromatic rings. The smallest absolute Gasteiger partial charge is 0.133 e. The maximum absolute atomic E-state index is 5.01. The van der Waals surface area contributed by atoms with Crippen LogP contribution in [0.15, 0.2) is 34.9 Å². The number of hydrogen-bond donors (Lipinski definition) is 0. The summed E-state index contributed by atoms with van der Waals surface area (Å²) in [6.45, 7) is 1.92. The Hall–Kier alpha value is -1.31. The Morgan fingerprint density at radius 1 is 1.50 bits per heavy atom. The minimum Gasteiger partial charge on any atom is -0.361 e. The molecule has 0 aromatic carbocycles. The summed E-state index contributed by atoms with van der Waals surface area (Å²) in [5.74, 6) is 1.29. The summed E-state index contributed by atoms with van der Waals surface area (Å²) in [6, 6.07) is 1.99. The third kappa shape index (κ3) is 1.33. The highest BCUT2D eigenvalue weighted by Gasteiger charge is 2.11. The van der Waals surface area contributed by atoms with Crippen LogP contribution in [-0.2, 0) is 0 Å². The molecule has 2 heteroatoms. The molecule has 0 aliphatic heterocycles. The van der Waals surface area contributed by atoms with Crippen LogP contribution < -0.4 is 0 Å². The number of allylic oxidation sites excluding steroid dienone is 4. The normalized spacial score (nSPS) is 21.6. The molecule has 1 aliphatic rings. The quantitative estimate of drug-likeness (QED) is 0.632. The number of hydrogen-bond acceptors (Lipinski definition) is 2. The van der Waals surface area contributed by atoms with Gasteiger partial charge in [0, 0.05) is 12.0 Å². The predicted molar refractivity (Wildman–Crippen MR) is 46.9 cm³/mol. The molecule has 1 atom stereocenters. The van der Waals surface area contributed by atoms with Gasteiger partial charge in [0.05, 0.1) is 5.69 Å². The first-order valence-corrected chi connectivity index (χ1v) is 4.13. The van der Waals surface area contributed by atoms with Crippen molar-refractivity contribution >= 4 is 0 Å². The minimum atomic E-state index is 0.410. The fraction of sp³-hybridized carbons (Fsp3) is 0.300. The van der Waals surface area contributed by atoms with Crippen molar-refractivity contribution in [1.82, 2.24) is 5.16 Å². The highest BCUT2D eigenvalue weighted by molar-refractivity contribution is 5.23. The monoisotopic (exact) mass is 161 g/mol. The van der Waals surface area contributed by atoms with Crippen molar-refractivity contribution in [2.45, 2.75) is 19.3 Å². The van der Waals surface area contributed by atoms with E-state index >= 15 is 0 Å². The third-order valence-electron chi connectivity index (χ3n) is 2.01. The van der Waals surface area contributed by atoms with Crippen molar-refractivity contribution in [3.8, 4) is 0 Å². The molecule has 0 spiro atoms. The maximum atomic E-state index is 5.01. The van der Waals surface area contributed by atoms with E-state index in [1.807, 2.05) is 13.0 Å². The molecular formula is C10H11NO. The van der Waals surface area contributed by atoms with Crippen molar-refractivity contribution in [3.05, 3.63) is 41.8 Å². The zero-order valence-electron chi connectivity index (χ0n) is 7.03. The maximum Gasteiger partial charge on any atom is 0.133 e. The Bertz CT molecular complexity index is 322. The lowest BCUT2D eigenvalue weighted by Gasteiger charge is -2.07. The molecule has 0 N–H and O–H groups in total. The zero-order valence-corrected chi connectivity index (χ0v) is 7.03. The molecule has 1 heterocycles. The summed E-state index contributed by atoms with van der Waals surface area (Å²) in [6.07, 6.45) is 9.44. The number of rotatable bonds is 1. The van der Waals surface area contributed by atoms with Gasteiger partial charge in [-0.15, -0.1) is 0 Å². The molecule has 0 saturated carbocycles. The van der Waals surface area contributed by atoms with E-state index in [4.69, 9.17) is 4.52 Å². The molecular weight excluding hydrogens is 150 g/mol. The van der Waals surface area contributed by atoms with Crippen molar-refractivity contribution in [3.63, 3.8) is 0 Å². The Balaban J connectivity index is 2.20. The molecule has 1 unspecified atom stereocenters. The summed E-state index contributed by atoms with van der Waals surface area (Å²) in [4.78, 5) is 0. The van der Waals surface area contributed by atoms with Crippen molar-refractivity contribution < 1.29 is 4.52 Å². The largest absolute Gasteiger partial charge is 0.361 e. The Morgan fingerprint density at radius 2 is 2.42 bits per heavy atom. The summed E-state index contributed by atoms with van der Waals surface area (Å²) < 4.78 is 5.01. The zero-order chi connectivity index (χ0) is 8.39. The van der Waals surface area contributed by atoms with E-state index in [2.05, 4.69) is 29.5 Å². The highest BCUT2D eigenvalue weighted by Crippen LogP contribution is 2.23. The lowest BCUT2D eigenvalue weighted by atomic mass is 9.97. The molecule has 0 radical (unpaired) electrons. The number of aryl methyl sites for hydroxylation is 1. The second-order valence-electron chi connectivity index (χ2n) is 3.02. The lowest BCUT2D eigenvalue weighted by molar-refractivity contribution is 0.388. The van der Waals surface area contributed by atoms with Gasteiger partial charge in [0.25, 0.3) is 0 Å². The van der Waals surface area contributed by atoms with E-state index in [9.17, 15) is 0 Å². The van der Waals surface area contributed by atoms with Gasteiger partial charge in [-0.05, 0) is 13.3 Å². The molecule has 62 valence electrons. The number of nitrogens with zero attached hydrogens (tertiary/aromatic N) is 1. The van der Waals surface area contributed by atoms with Gasteiger partial charge in [-0.25, -0.2) is 0 Å². The first-order chi connectivity index (χ1) is 5.86. The van der Waals surface area contributed by atoms with E-state index in [0.717, 1.165) is 17.9 Å². The molecule has 1 aliphatic carbocycles. The summed E-state index contributed by atoms with van der Waals surface area (Å²) in [7, 11) is 0. The van der Waals surface area contributed by atoms with E-state index < -0.39 is 0 Å². The van der Waals surface area contributed by atoms with Crippen LogP contribution >= 0.6 is 0 Å². The van der Waals surface area contributed by atoms with Gasteiger partial charge in [0.2, 0.25) is 0 Å². The van der Waals surface area contributed by atoms with Gasteiger partial charge >= 0.3 is 0 Å². The molecule has 0 amide bonds. The minimum absolute atomic E-state index is 0.410. The van der Waals surface area contributed by atoms with Gasteiger partial charge in [-0.2, -0.15) is 0 Å². The van der Waals surface area contributed by atoms with Crippen molar-refractivity contribution in [2.24, 2.45) is 0 Å². The molecule has 0 fully saturated rings. The van der Waals surface area contributed by atoms with Crippen LogP contribution in [0.3, 0.4) is 0 Å². The topological polar surface area (TPSA) is 26.0 Å². The fourth-order valence-corrected chi connectivity index (χ4v) is 1.36. The van der Waals surface area contributed by atoms with E-state index in [0.29, 0.717) is 5.92 Å². The molecule has 1 aromatic heterocycles. The summed E-state index contributed by atoms with van der Waals surface area (Å²) >= 11 is 0. The molecule has 12 heavy (non-hydrogen) atoms. The SMILES string of the molecule is Cc1cc(C2C=CC=CC2)no1. The van der Waals surface area contributed by atoms with Crippen LogP contribution in [0, 0.1) is 6.92 Å². The van der Waals surface area contributed by atoms with Gasteiger partial charge < -0.3 is 4.52 Å². The van der Waals surface area contributed by atoms with E-state index in [-0.39, 0.29) is 0 Å². The van der Waals surface area contributed by atoms with Crippen molar-refractivity contribution in [2.75, 3.05) is 0 Å². The Kier molecular flexibility index (Phi) is 1.82. The lowest BCUT2D eigenvalue weighted by Crippen LogP contribution is -1.95. The van der Waals surface area contributed by atoms with Crippen LogP contribution in [0.1, 0.15) is 23.8 Å². The second-order valence-corrected chi connectivity index (χ2v) is 3.02.